The van der Waals surface area contributed by atoms with Crippen molar-refractivity contribution in [3.05, 3.63) is 53.2 Å². The molecule has 0 aliphatic rings. The summed E-state index contributed by atoms with van der Waals surface area (Å²) in [6.07, 6.45) is -3.87. The first-order chi connectivity index (χ1) is 17.2. The van der Waals surface area contributed by atoms with Crippen LogP contribution in [-0.4, -0.2) is 55.9 Å². The molecule has 16 heteroatoms. The van der Waals surface area contributed by atoms with Gasteiger partial charge in [-0.15, -0.1) is 0 Å². The summed E-state index contributed by atoms with van der Waals surface area (Å²) in [5.74, 6) is -1.35. The Kier molecular flexibility index (Phi) is 7.61. The summed E-state index contributed by atoms with van der Waals surface area (Å²) in [6.45, 7) is 1.69. The summed E-state index contributed by atoms with van der Waals surface area (Å²) >= 11 is 0. The van der Waals surface area contributed by atoms with Crippen LogP contribution in [0.3, 0.4) is 0 Å². The van der Waals surface area contributed by atoms with Gasteiger partial charge < -0.3 is 19.5 Å². The number of sulfonamides is 1. The molecule has 12 nitrogen and oxygen atoms in total. The summed E-state index contributed by atoms with van der Waals surface area (Å²) in [7, 11) is -1.77. The molecule has 0 atom stereocenters. The van der Waals surface area contributed by atoms with E-state index in [1.54, 1.807) is 13.0 Å². The molecule has 0 saturated carbocycles. The second-order valence-corrected chi connectivity index (χ2v) is 9.24. The van der Waals surface area contributed by atoms with E-state index >= 15 is 0 Å². The van der Waals surface area contributed by atoms with Gasteiger partial charge in [-0.25, -0.2) is 17.9 Å². The molecule has 0 saturated heterocycles. The molecule has 3 aromatic rings. The number of aromatic nitrogens is 3. The summed E-state index contributed by atoms with van der Waals surface area (Å²) < 4.78 is 81.2. The maximum absolute atomic E-state index is 13.5. The lowest BCUT2D eigenvalue weighted by Crippen LogP contribution is -2.17. The van der Waals surface area contributed by atoms with E-state index in [0.717, 1.165) is 20.5 Å². The van der Waals surface area contributed by atoms with Crippen LogP contribution in [0.4, 0.5) is 29.3 Å². The zero-order valence-corrected chi connectivity index (χ0v) is 20.5. The SMILES string of the molecule is COC(=O)Oc1cn(-c2cc(C(=O)Nc3cc(C(F)(F)F)cc(NS(C)(=O)=O)c3OC)ccc2C)nn1. The third kappa shape index (κ3) is 6.66. The number of nitrogens with zero attached hydrogens (tertiary/aromatic N) is 3. The van der Waals surface area contributed by atoms with Gasteiger partial charge in [0.2, 0.25) is 10.0 Å². The second-order valence-electron chi connectivity index (χ2n) is 7.49. The fourth-order valence-electron chi connectivity index (χ4n) is 3.11. The van der Waals surface area contributed by atoms with E-state index in [4.69, 9.17) is 9.47 Å². The van der Waals surface area contributed by atoms with E-state index in [2.05, 4.69) is 20.4 Å². The standard InChI is InChI=1S/C21H20F3N5O7S/c1-11-5-6-12(7-16(11)29-10-17(26-28-29)36-20(31)35-3)19(30)25-14-8-13(21(22,23)24)9-15(18(14)34-2)27-37(4,32)33/h5-10,27H,1-4H3,(H,25,30). The molecule has 0 spiro atoms. The number of rotatable bonds is 7. The highest BCUT2D eigenvalue weighted by atomic mass is 32.2. The molecule has 1 heterocycles. The van der Waals surface area contributed by atoms with Crippen molar-refractivity contribution in [2.24, 2.45) is 0 Å². The fraction of sp³-hybridized carbons (Fsp3) is 0.238. The smallest absolute Gasteiger partial charge is 0.492 e. The Morgan fingerprint density at radius 2 is 1.76 bits per heavy atom. The van der Waals surface area contributed by atoms with Gasteiger partial charge in [-0.1, -0.05) is 16.4 Å². The Bertz CT molecular complexity index is 1460. The number of benzene rings is 2. The minimum atomic E-state index is -4.85. The van der Waals surface area contributed by atoms with E-state index in [1.807, 2.05) is 4.72 Å². The maximum Gasteiger partial charge on any atom is 0.515 e. The van der Waals surface area contributed by atoms with Gasteiger partial charge in [0.1, 0.15) is 0 Å². The molecular formula is C21H20F3N5O7S. The van der Waals surface area contributed by atoms with Crippen molar-refractivity contribution in [2.75, 3.05) is 30.5 Å². The number of amides is 1. The van der Waals surface area contributed by atoms with Crippen LogP contribution in [0.5, 0.6) is 11.6 Å². The normalized spacial score (nSPS) is 11.5. The molecule has 0 aliphatic heterocycles. The number of hydrogen-bond acceptors (Lipinski definition) is 9. The highest BCUT2D eigenvalue weighted by molar-refractivity contribution is 7.92. The monoisotopic (exact) mass is 543 g/mol. The third-order valence-corrected chi connectivity index (χ3v) is 5.30. The van der Waals surface area contributed by atoms with Gasteiger partial charge in [0.25, 0.3) is 11.8 Å². The Balaban J connectivity index is 1.99. The van der Waals surface area contributed by atoms with Crippen LogP contribution in [0, 0.1) is 6.92 Å². The molecule has 0 bridgehead atoms. The Morgan fingerprint density at radius 1 is 1.08 bits per heavy atom. The van der Waals surface area contributed by atoms with Crippen molar-refractivity contribution in [1.82, 2.24) is 15.0 Å². The topological polar surface area (TPSA) is 151 Å². The second kappa shape index (κ2) is 10.3. The molecular weight excluding hydrogens is 523 g/mol. The van der Waals surface area contributed by atoms with Crippen molar-refractivity contribution in [2.45, 2.75) is 13.1 Å². The van der Waals surface area contributed by atoms with Crippen LogP contribution in [-0.2, 0) is 20.9 Å². The zero-order valence-electron chi connectivity index (χ0n) is 19.7. The summed E-state index contributed by atoms with van der Waals surface area (Å²) in [4.78, 5) is 24.3. The van der Waals surface area contributed by atoms with Crippen LogP contribution in [0.2, 0.25) is 0 Å². The van der Waals surface area contributed by atoms with Crippen LogP contribution in [0.15, 0.2) is 36.5 Å². The summed E-state index contributed by atoms with van der Waals surface area (Å²) in [6, 6.07) is 5.50. The number of carbonyl (C=O) groups is 2. The molecule has 198 valence electrons. The van der Waals surface area contributed by atoms with Gasteiger partial charge in [0.15, 0.2) is 5.75 Å². The first-order valence-corrected chi connectivity index (χ1v) is 12.0. The maximum atomic E-state index is 13.5. The lowest BCUT2D eigenvalue weighted by atomic mass is 10.1. The minimum Gasteiger partial charge on any atom is -0.492 e. The molecule has 1 amide bonds. The number of nitrogens with one attached hydrogen (secondary N) is 2. The predicted molar refractivity (Wildman–Crippen MR) is 124 cm³/mol. The lowest BCUT2D eigenvalue weighted by Gasteiger charge is -2.18. The van der Waals surface area contributed by atoms with Gasteiger partial charge >= 0.3 is 12.3 Å². The van der Waals surface area contributed by atoms with Gasteiger partial charge in [0, 0.05) is 5.56 Å². The predicted octanol–water partition coefficient (Wildman–Crippen LogP) is 3.37. The van der Waals surface area contributed by atoms with Crippen LogP contribution in [0.1, 0.15) is 21.5 Å². The molecule has 0 aliphatic carbocycles. The van der Waals surface area contributed by atoms with Crippen LogP contribution < -0.4 is 19.5 Å². The number of halogens is 3. The average molecular weight is 543 g/mol. The first-order valence-electron chi connectivity index (χ1n) is 10.1. The molecule has 3 rings (SSSR count). The number of ether oxygens (including phenoxy) is 3. The number of alkyl halides is 3. The van der Waals surface area contributed by atoms with Crippen molar-refractivity contribution in [1.29, 1.82) is 0 Å². The molecule has 2 N–H and O–H groups in total. The number of methoxy groups -OCH3 is 2. The average Bonchev–Trinajstić information content (AvgIpc) is 3.25. The van der Waals surface area contributed by atoms with E-state index in [9.17, 15) is 31.2 Å². The van der Waals surface area contributed by atoms with E-state index in [0.29, 0.717) is 23.4 Å². The molecule has 1 aromatic heterocycles. The molecule has 0 radical (unpaired) electrons. The first kappa shape index (κ1) is 27.3. The van der Waals surface area contributed by atoms with Crippen molar-refractivity contribution in [3.8, 4) is 17.3 Å². The Morgan fingerprint density at radius 3 is 2.35 bits per heavy atom. The quantitative estimate of drug-likeness (QED) is 0.428. The Labute approximate surface area is 208 Å². The van der Waals surface area contributed by atoms with Crippen molar-refractivity contribution in [3.63, 3.8) is 0 Å². The van der Waals surface area contributed by atoms with Gasteiger partial charge in [-0.3, -0.25) is 9.52 Å². The minimum absolute atomic E-state index is 0.00335. The highest BCUT2D eigenvalue weighted by Gasteiger charge is 2.33. The number of aryl methyl sites for hydroxylation is 1. The van der Waals surface area contributed by atoms with Crippen molar-refractivity contribution >= 4 is 33.5 Å². The van der Waals surface area contributed by atoms with E-state index in [-0.39, 0.29) is 17.2 Å². The zero-order chi connectivity index (χ0) is 27.5. The number of hydrogen-bond donors (Lipinski definition) is 2. The van der Waals surface area contributed by atoms with Crippen LogP contribution in [0.25, 0.3) is 5.69 Å². The van der Waals surface area contributed by atoms with Gasteiger partial charge in [-0.2, -0.15) is 13.2 Å². The summed E-state index contributed by atoms with van der Waals surface area (Å²) in [5, 5.41) is 9.81. The third-order valence-electron chi connectivity index (χ3n) is 4.71. The fourth-order valence-corrected chi connectivity index (χ4v) is 3.66. The largest absolute Gasteiger partial charge is 0.515 e. The number of anilines is 2. The van der Waals surface area contributed by atoms with Crippen LogP contribution >= 0.6 is 0 Å². The highest BCUT2D eigenvalue weighted by Crippen LogP contribution is 2.41. The molecule has 37 heavy (non-hydrogen) atoms. The van der Waals surface area contributed by atoms with E-state index < -0.39 is 45.2 Å². The molecule has 2 aromatic carbocycles. The van der Waals surface area contributed by atoms with Gasteiger partial charge in [-0.05, 0) is 36.8 Å². The summed E-state index contributed by atoms with van der Waals surface area (Å²) in [5.41, 5.74) is -1.19. The van der Waals surface area contributed by atoms with Gasteiger partial charge in [0.05, 0.1) is 49.3 Å². The molecule has 0 fully saturated rings. The number of carbonyl (C=O) groups excluding carboxylic acids is 2. The van der Waals surface area contributed by atoms with Crippen molar-refractivity contribution < 1.29 is 45.4 Å². The molecule has 0 unspecified atom stereocenters. The van der Waals surface area contributed by atoms with E-state index in [1.165, 1.54) is 23.0 Å². The Hall–Kier alpha value is -4.34. The lowest BCUT2D eigenvalue weighted by molar-refractivity contribution is -0.137.